The molecule has 130 valence electrons. The Bertz CT molecular complexity index is 844. The average molecular weight is 377 g/mol. The van der Waals surface area contributed by atoms with Gasteiger partial charge in [0.1, 0.15) is 5.01 Å². The molecule has 25 heavy (non-hydrogen) atoms. The Balaban J connectivity index is 1.52. The summed E-state index contributed by atoms with van der Waals surface area (Å²) in [7, 11) is 0. The lowest BCUT2D eigenvalue weighted by Crippen LogP contribution is -2.12. The van der Waals surface area contributed by atoms with E-state index >= 15 is 0 Å². The highest BCUT2D eigenvalue weighted by atomic mass is 35.5. The molecule has 1 aromatic carbocycles. The molecule has 0 unspecified atom stereocenters. The van der Waals surface area contributed by atoms with Gasteiger partial charge in [0.05, 0.1) is 6.20 Å². The molecule has 0 saturated carbocycles. The Morgan fingerprint density at radius 1 is 1.24 bits per heavy atom. The van der Waals surface area contributed by atoms with E-state index in [1.54, 1.807) is 18.3 Å². The summed E-state index contributed by atoms with van der Waals surface area (Å²) >= 11 is 7.28. The maximum Gasteiger partial charge on any atom is 0.226 e. The van der Waals surface area contributed by atoms with Gasteiger partial charge in [-0.3, -0.25) is 4.79 Å². The van der Waals surface area contributed by atoms with Crippen molar-refractivity contribution < 1.29 is 9.21 Å². The first-order valence-electron chi connectivity index (χ1n) is 7.97. The van der Waals surface area contributed by atoms with Crippen molar-refractivity contribution in [2.24, 2.45) is 0 Å². The molecular formula is C17H17ClN4O2S. The fourth-order valence-electron chi connectivity index (χ4n) is 2.19. The van der Waals surface area contributed by atoms with Crippen LogP contribution in [-0.2, 0) is 17.6 Å². The number of hydrogen-bond acceptors (Lipinski definition) is 6. The maximum absolute atomic E-state index is 12.0. The van der Waals surface area contributed by atoms with Crippen molar-refractivity contribution in [2.45, 2.75) is 32.6 Å². The average Bonchev–Trinajstić information content (AvgIpc) is 3.24. The molecule has 1 amide bonds. The quantitative estimate of drug-likeness (QED) is 0.662. The van der Waals surface area contributed by atoms with Gasteiger partial charge in [-0.25, -0.2) is 4.98 Å². The number of halogens is 1. The lowest BCUT2D eigenvalue weighted by molar-refractivity contribution is -0.116. The van der Waals surface area contributed by atoms with Crippen molar-refractivity contribution in [1.29, 1.82) is 0 Å². The van der Waals surface area contributed by atoms with Crippen molar-refractivity contribution in [2.75, 3.05) is 5.32 Å². The lowest BCUT2D eigenvalue weighted by Gasteiger charge is -1.99. The van der Waals surface area contributed by atoms with Gasteiger partial charge in [-0.15, -0.1) is 10.2 Å². The number of rotatable bonds is 7. The fraction of sp³-hybridized carbons (Fsp3) is 0.294. The van der Waals surface area contributed by atoms with Gasteiger partial charge in [0, 0.05) is 29.8 Å². The van der Waals surface area contributed by atoms with Gasteiger partial charge in [-0.05, 0) is 30.7 Å². The van der Waals surface area contributed by atoms with Crippen LogP contribution in [0.2, 0.25) is 5.02 Å². The van der Waals surface area contributed by atoms with Crippen molar-refractivity contribution in [3.05, 3.63) is 46.4 Å². The number of carbonyl (C=O) groups is 1. The van der Waals surface area contributed by atoms with Crippen LogP contribution >= 0.6 is 22.9 Å². The molecule has 3 rings (SSSR count). The minimum absolute atomic E-state index is 0.134. The predicted molar refractivity (Wildman–Crippen MR) is 97.8 cm³/mol. The predicted octanol–water partition coefficient (Wildman–Crippen LogP) is 4.37. The maximum atomic E-state index is 12.0. The van der Waals surface area contributed by atoms with Crippen LogP contribution in [0, 0.1) is 0 Å². The number of nitrogens with one attached hydrogen (secondary N) is 1. The Morgan fingerprint density at radius 3 is 2.80 bits per heavy atom. The normalized spacial score (nSPS) is 10.8. The molecule has 0 saturated heterocycles. The van der Waals surface area contributed by atoms with E-state index in [-0.39, 0.29) is 12.3 Å². The van der Waals surface area contributed by atoms with Crippen LogP contribution in [-0.4, -0.2) is 21.1 Å². The van der Waals surface area contributed by atoms with Crippen molar-refractivity contribution in [3.8, 4) is 11.3 Å². The first-order valence-corrected chi connectivity index (χ1v) is 9.16. The molecule has 0 aliphatic heterocycles. The topological polar surface area (TPSA) is 80.9 Å². The monoisotopic (exact) mass is 376 g/mol. The Hall–Kier alpha value is -2.25. The number of nitrogens with zero attached hydrogens (tertiary/aromatic N) is 3. The summed E-state index contributed by atoms with van der Waals surface area (Å²) in [6, 6.07) is 7.31. The minimum Gasteiger partial charge on any atom is -0.441 e. The highest BCUT2D eigenvalue weighted by molar-refractivity contribution is 7.15. The number of benzene rings is 1. The molecule has 0 bridgehead atoms. The zero-order valence-electron chi connectivity index (χ0n) is 13.7. The summed E-state index contributed by atoms with van der Waals surface area (Å²) in [4.78, 5) is 16.2. The molecule has 3 aromatic rings. The second-order valence-corrected chi connectivity index (χ2v) is 6.92. The van der Waals surface area contributed by atoms with Crippen LogP contribution in [0.3, 0.4) is 0 Å². The Morgan fingerprint density at radius 2 is 2.04 bits per heavy atom. The Labute approximate surface area is 154 Å². The Kier molecular flexibility index (Phi) is 5.78. The van der Waals surface area contributed by atoms with Gasteiger partial charge in [0.15, 0.2) is 11.7 Å². The molecule has 0 aliphatic carbocycles. The number of aryl methyl sites for hydroxylation is 2. The van der Waals surface area contributed by atoms with E-state index < -0.39 is 0 Å². The van der Waals surface area contributed by atoms with Crippen LogP contribution in [0.1, 0.15) is 30.7 Å². The molecule has 6 nitrogen and oxygen atoms in total. The van der Waals surface area contributed by atoms with Crippen LogP contribution in [0.5, 0.6) is 0 Å². The van der Waals surface area contributed by atoms with Crippen LogP contribution in [0.25, 0.3) is 11.3 Å². The molecule has 8 heteroatoms. The van der Waals surface area contributed by atoms with E-state index in [0.717, 1.165) is 23.4 Å². The zero-order valence-corrected chi connectivity index (χ0v) is 15.2. The van der Waals surface area contributed by atoms with Gasteiger partial charge in [0.2, 0.25) is 11.0 Å². The van der Waals surface area contributed by atoms with Gasteiger partial charge < -0.3 is 9.73 Å². The van der Waals surface area contributed by atoms with E-state index in [0.29, 0.717) is 28.2 Å². The zero-order chi connectivity index (χ0) is 17.6. The van der Waals surface area contributed by atoms with E-state index in [1.807, 2.05) is 12.1 Å². The molecule has 0 fully saturated rings. The SMILES string of the molecule is CCCc1nnc(NC(=O)CCc2ncc(-c3ccc(Cl)cc3)o2)s1. The summed E-state index contributed by atoms with van der Waals surface area (Å²) in [5.41, 5.74) is 0.893. The number of amides is 1. The summed E-state index contributed by atoms with van der Waals surface area (Å²) < 4.78 is 5.69. The number of oxazole rings is 1. The van der Waals surface area contributed by atoms with Crippen molar-refractivity contribution >= 4 is 34.0 Å². The van der Waals surface area contributed by atoms with E-state index in [4.69, 9.17) is 16.0 Å². The number of anilines is 1. The molecule has 0 atom stereocenters. The van der Waals surface area contributed by atoms with E-state index in [1.165, 1.54) is 11.3 Å². The second-order valence-electron chi connectivity index (χ2n) is 5.42. The minimum atomic E-state index is -0.134. The van der Waals surface area contributed by atoms with E-state index in [9.17, 15) is 4.79 Å². The van der Waals surface area contributed by atoms with Crippen LogP contribution in [0.15, 0.2) is 34.9 Å². The third-order valence-corrected chi connectivity index (χ3v) is 4.58. The highest BCUT2D eigenvalue weighted by Crippen LogP contribution is 2.23. The van der Waals surface area contributed by atoms with E-state index in [2.05, 4.69) is 27.4 Å². The number of aromatic nitrogens is 3. The molecule has 1 N–H and O–H groups in total. The van der Waals surface area contributed by atoms with Gasteiger partial charge in [-0.1, -0.05) is 29.9 Å². The lowest BCUT2D eigenvalue weighted by atomic mass is 10.2. The standard InChI is InChI=1S/C17H17ClN4O2S/c1-2-3-16-21-22-17(25-16)20-14(23)8-9-15-19-10-13(24-15)11-4-6-12(18)7-5-11/h4-7,10H,2-3,8-9H2,1H3,(H,20,22,23). The largest absolute Gasteiger partial charge is 0.441 e. The van der Waals surface area contributed by atoms with Crippen molar-refractivity contribution in [1.82, 2.24) is 15.2 Å². The molecule has 0 spiro atoms. The molecule has 2 aromatic heterocycles. The summed E-state index contributed by atoms with van der Waals surface area (Å²) in [5.74, 6) is 1.04. The van der Waals surface area contributed by atoms with Crippen LogP contribution in [0.4, 0.5) is 5.13 Å². The third kappa shape index (κ3) is 4.87. The molecule has 0 radical (unpaired) electrons. The van der Waals surface area contributed by atoms with Crippen molar-refractivity contribution in [3.63, 3.8) is 0 Å². The third-order valence-electron chi connectivity index (χ3n) is 3.43. The molecule has 2 heterocycles. The summed E-state index contributed by atoms with van der Waals surface area (Å²) in [6.07, 6.45) is 4.21. The molecule has 0 aliphatic rings. The van der Waals surface area contributed by atoms with Gasteiger partial charge in [0.25, 0.3) is 0 Å². The number of hydrogen-bond donors (Lipinski definition) is 1. The molecular weight excluding hydrogens is 360 g/mol. The smallest absolute Gasteiger partial charge is 0.226 e. The highest BCUT2D eigenvalue weighted by Gasteiger charge is 2.11. The van der Waals surface area contributed by atoms with Gasteiger partial charge >= 0.3 is 0 Å². The van der Waals surface area contributed by atoms with Gasteiger partial charge in [-0.2, -0.15) is 0 Å². The first-order chi connectivity index (χ1) is 12.1. The fourth-order valence-corrected chi connectivity index (χ4v) is 3.18. The summed E-state index contributed by atoms with van der Waals surface area (Å²) in [6.45, 7) is 2.08. The number of carbonyl (C=O) groups excluding carboxylic acids is 1. The first kappa shape index (κ1) is 17.6. The summed E-state index contributed by atoms with van der Waals surface area (Å²) in [5, 5.41) is 12.9. The second kappa shape index (κ2) is 8.22. The van der Waals surface area contributed by atoms with Crippen LogP contribution < -0.4 is 5.32 Å².